The number of hydrogen-bond donors (Lipinski definition) is 1. The molecule has 0 atom stereocenters. The predicted molar refractivity (Wildman–Crippen MR) is 53.0 cm³/mol. The number of ether oxygens (including phenoxy) is 1. The summed E-state index contributed by atoms with van der Waals surface area (Å²) in [5.41, 5.74) is 7.40. The van der Waals surface area contributed by atoms with Gasteiger partial charge in [0.25, 0.3) is 0 Å². The first kappa shape index (κ1) is 9.02. The predicted octanol–water partition coefficient (Wildman–Crippen LogP) is 1.10. The third-order valence-electron chi connectivity index (χ3n) is 2.24. The van der Waals surface area contributed by atoms with E-state index in [4.69, 9.17) is 10.5 Å². The van der Waals surface area contributed by atoms with Gasteiger partial charge in [-0.3, -0.25) is 4.90 Å². The van der Waals surface area contributed by atoms with Crippen LogP contribution in [0.15, 0.2) is 24.3 Å². The fourth-order valence-corrected chi connectivity index (χ4v) is 1.44. The van der Waals surface area contributed by atoms with Gasteiger partial charge in [0.2, 0.25) is 0 Å². The number of carbonyl (C=O) groups is 1. The first-order valence-corrected chi connectivity index (χ1v) is 4.54. The molecule has 0 aliphatic carbocycles. The molecular formula is C10H12N2O2. The van der Waals surface area contributed by atoms with Crippen molar-refractivity contribution in [2.45, 2.75) is 6.54 Å². The quantitative estimate of drug-likeness (QED) is 0.763. The molecule has 0 radical (unpaired) electrons. The van der Waals surface area contributed by atoms with Crippen LogP contribution in [0.2, 0.25) is 0 Å². The number of nitrogens with two attached hydrogens (primary N) is 1. The Kier molecular flexibility index (Phi) is 2.37. The minimum absolute atomic E-state index is 0.273. The molecule has 74 valence electrons. The van der Waals surface area contributed by atoms with Crippen molar-refractivity contribution in [3.8, 4) is 0 Å². The second-order valence-corrected chi connectivity index (χ2v) is 3.14. The van der Waals surface area contributed by atoms with E-state index >= 15 is 0 Å². The lowest BCUT2D eigenvalue weighted by Gasteiger charge is -2.12. The lowest BCUT2D eigenvalue weighted by Crippen LogP contribution is -2.23. The SMILES string of the molecule is NCc1ccc(N2CCOC2=O)cc1. The monoisotopic (exact) mass is 192 g/mol. The van der Waals surface area contributed by atoms with Crippen LogP contribution in [0, 0.1) is 0 Å². The van der Waals surface area contributed by atoms with Gasteiger partial charge < -0.3 is 10.5 Å². The molecule has 1 aromatic carbocycles. The zero-order chi connectivity index (χ0) is 9.97. The first-order chi connectivity index (χ1) is 6.81. The van der Waals surface area contributed by atoms with Crippen LogP contribution in [0.3, 0.4) is 0 Å². The molecule has 4 nitrogen and oxygen atoms in total. The Morgan fingerprint density at radius 3 is 2.57 bits per heavy atom. The highest BCUT2D eigenvalue weighted by Gasteiger charge is 2.22. The molecule has 0 spiro atoms. The molecule has 0 bridgehead atoms. The van der Waals surface area contributed by atoms with E-state index in [-0.39, 0.29) is 6.09 Å². The number of rotatable bonds is 2. The second-order valence-electron chi connectivity index (χ2n) is 3.14. The van der Waals surface area contributed by atoms with E-state index in [1.165, 1.54) is 0 Å². The van der Waals surface area contributed by atoms with Crippen molar-refractivity contribution in [1.82, 2.24) is 0 Å². The van der Waals surface area contributed by atoms with Crippen molar-refractivity contribution < 1.29 is 9.53 Å². The van der Waals surface area contributed by atoms with Gasteiger partial charge in [-0.25, -0.2) is 4.79 Å². The third-order valence-corrected chi connectivity index (χ3v) is 2.24. The van der Waals surface area contributed by atoms with Gasteiger partial charge in [-0.05, 0) is 17.7 Å². The van der Waals surface area contributed by atoms with E-state index in [9.17, 15) is 4.79 Å². The van der Waals surface area contributed by atoms with Gasteiger partial charge in [-0.15, -0.1) is 0 Å². The summed E-state index contributed by atoms with van der Waals surface area (Å²) in [5, 5.41) is 0. The van der Waals surface area contributed by atoms with Crippen LogP contribution < -0.4 is 10.6 Å². The Morgan fingerprint density at radius 1 is 1.36 bits per heavy atom. The smallest absolute Gasteiger partial charge is 0.414 e. The summed E-state index contributed by atoms with van der Waals surface area (Å²) < 4.78 is 4.84. The molecule has 1 aromatic rings. The summed E-state index contributed by atoms with van der Waals surface area (Å²) in [6, 6.07) is 7.60. The standard InChI is InChI=1S/C10H12N2O2/c11-7-8-1-3-9(4-2-8)12-5-6-14-10(12)13/h1-4H,5-7,11H2. The molecule has 1 amide bonds. The Labute approximate surface area is 82.3 Å². The minimum Gasteiger partial charge on any atom is -0.447 e. The largest absolute Gasteiger partial charge is 0.447 e. The lowest BCUT2D eigenvalue weighted by molar-refractivity contribution is 0.181. The number of hydrogen-bond acceptors (Lipinski definition) is 3. The third kappa shape index (κ3) is 1.56. The van der Waals surface area contributed by atoms with Crippen molar-refractivity contribution >= 4 is 11.8 Å². The maximum Gasteiger partial charge on any atom is 0.414 e. The molecule has 1 heterocycles. The molecule has 0 saturated carbocycles. The van der Waals surface area contributed by atoms with E-state index in [1.54, 1.807) is 4.90 Å². The van der Waals surface area contributed by atoms with Crippen molar-refractivity contribution in [3.05, 3.63) is 29.8 Å². The summed E-state index contributed by atoms with van der Waals surface area (Å²) in [7, 11) is 0. The van der Waals surface area contributed by atoms with Crippen LogP contribution in [0.4, 0.5) is 10.5 Å². The lowest BCUT2D eigenvalue weighted by atomic mass is 10.2. The molecular weight excluding hydrogens is 180 g/mol. The van der Waals surface area contributed by atoms with Gasteiger partial charge in [-0.1, -0.05) is 12.1 Å². The van der Waals surface area contributed by atoms with Gasteiger partial charge in [0.05, 0.1) is 6.54 Å². The zero-order valence-corrected chi connectivity index (χ0v) is 7.77. The van der Waals surface area contributed by atoms with E-state index in [1.807, 2.05) is 24.3 Å². The molecule has 2 rings (SSSR count). The highest BCUT2D eigenvalue weighted by molar-refractivity contribution is 5.89. The highest BCUT2D eigenvalue weighted by Crippen LogP contribution is 2.18. The Hall–Kier alpha value is -1.55. The summed E-state index contributed by atoms with van der Waals surface area (Å²) >= 11 is 0. The average molecular weight is 192 g/mol. The molecule has 0 unspecified atom stereocenters. The van der Waals surface area contributed by atoms with E-state index < -0.39 is 0 Å². The number of carbonyl (C=O) groups excluding carboxylic acids is 1. The van der Waals surface area contributed by atoms with Gasteiger partial charge in [0.15, 0.2) is 0 Å². The number of amides is 1. The summed E-state index contributed by atoms with van der Waals surface area (Å²) in [6.45, 7) is 1.61. The number of nitrogens with zero attached hydrogens (tertiary/aromatic N) is 1. The van der Waals surface area contributed by atoms with E-state index in [2.05, 4.69) is 0 Å². The van der Waals surface area contributed by atoms with Crippen molar-refractivity contribution in [1.29, 1.82) is 0 Å². The number of anilines is 1. The van der Waals surface area contributed by atoms with Crippen LogP contribution in [0.1, 0.15) is 5.56 Å². The molecule has 1 saturated heterocycles. The molecule has 1 aliphatic rings. The van der Waals surface area contributed by atoms with Gasteiger partial charge >= 0.3 is 6.09 Å². The molecule has 1 fully saturated rings. The molecule has 14 heavy (non-hydrogen) atoms. The van der Waals surface area contributed by atoms with Crippen molar-refractivity contribution in [2.24, 2.45) is 5.73 Å². The van der Waals surface area contributed by atoms with Crippen LogP contribution >= 0.6 is 0 Å². The van der Waals surface area contributed by atoms with Gasteiger partial charge in [0.1, 0.15) is 6.61 Å². The Morgan fingerprint density at radius 2 is 2.07 bits per heavy atom. The topological polar surface area (TPSA) is 55.6 Å². The van der Waals surface area contributed by atoms with Gasteiger partial charge in [0, 0.05) is 12.2 Å². The molecule has 1 aliphatic heterocycles. The Bertz CT molecular complexity index is 334. The molecule has 2 N–H and O–H groups in total. The zero-order valence-electron chi connectivity index (χ0n) is 7.77. The first-order valence-electron chi connectivity index (χ1n) is 4.54. The second kappa shape index (κ2) is 3.67. The van der Waals surface area contributed by atoms with E-state index in [0.29, 0.717) is 19.7 Å². The van der Waals surface area contributed by atoms with Crippen molar-refractivity contribution in [3.63, 3.8) is 0 Å². The highest BCUT2D eigenvalue weighted by atomic mass is 16.6. The summed E-state index contributed by atoms with van der Waals surface area (Å²) in [5.74, 6) is 0. The number of benzene rings is 1. The van der Waals surface area contributed by atoms with Crippen LogP contribution in [0.25, 0.3) is 0 Å². The minimum atomic E-state index is -0.273. The maximum absolute atomic E-state index is 11.2. The van der Waals surface area contributed by atoms with Crippen LogP contribution in [0.5, 0.6) is 0 Å². The molecule has 0 aromatic heterocycles. The Balaban J connectivity index is 2.20. The normalized spacial score (nSPS) is 15.8. The van der Waals surface area contributed by atoms with Gasteiger partial charge in [-0.2, -0.15) is 0 Å². The fraction of sp³-hybridized carbons (Fsp3) is 0.300. The van der Waals surface area contributed by atoms with Crippen LogP contribution in [-0.2, 0) is 11.3 Å². The number of cyclic esters (lactones) is 1. The maximum atomic E-state index is 11.2. The summed E-state index contributed by atoms with van der Waals surface area (Å²) in [4.78, 5) is 12.8. The van der Waals surface area contributed by atoms with Crippen LogP contribution in [-0.4, -0.2) is 19.2 Å². The van der Waals surface area contributed by atoms with E-state index in [0.717, 1.165) is 11.3 Å². The fourth-order valence-electron chi connectivity index (χ4n) is 1.44. The molecule has 4 heteroatoms. The summed E-state index contributed by atoms with van der Waals surface area (Å²) in [6.07, 6.45) is -0.273. The average Bonchev–Trinajstić information content (AvgIpc) is 2.65. The van der Waals surface area contributed by atoms with Crippen molar-refractivity contribution in [2.75, 3.05) is 18.1 Å².